The maximum Gasteiger partial charge on any atom is 0.241 e. The number of benzene rings is 2. The number of rotatable bonds is 10. The third-order valence-electron chi connectivity index (χ3n) is 6.32. The van der Waals surface area contributed by atoms with Gasteiger partial charge in [-0.15, -0.1) is 0 Å². The second-order valence-electron chi connectivity index (χ2n) is 8.53. The molecule has 0 spiro atoms. The number of carbonyl (C=O) groups excluding carboxylic acids is 1. The highest BCUT2D eigenvalue weighted by Gasteiger charge is 2.23. The summed E-state index contributed by atoms with van der Waals surface area (Å²) >= 11 is 0. The summed E-state index contributed by atoms with van der Waals surface area (Å²) in [4.78, 5) is 14.8. The predicted octanol–water partition coefficient (Wildman–Crippen LogP) is 3.67. The summed E-state index contributed by atoms with van der Waals surface area (Å²) in [5.41, 5.74) is 6.83. The molecule has 0 aliphatic heterocycles. The molecule has 0 fully saturated rings. The van der Waals surface area contributed by atoms with Gasteiger partial charge in [0.25, 0.3) is 0 Å². The fourth-order valence-corrected chi connectivity index (χ4v) is 5.42. The van der Waals surface area contributed by atoms with Gasteiger partial charge in [0.1, 0.15) is 0 Å². The Balaban J connectivity index is 1.94. The van der Waals surface area contributed by atoms with Crippen LogP contribution in [0.3, 0.4) is 0 Å². The number of sulfonamides is 1. The van der Waals surface area contributed by atoms with Crippen LogP contribution in [0.2, 0.25) is 0 Å². The van der Waals surface area contributed by atoms with E-state index < -0.39 is 10.0 Å². The molecule has 176 valence electrons. The van der Waals surface area contributed by atoms with E-state index in [9.17, 15) is 13.2 Å². The molecule has 0 bridgehead atoms. The van der Waals surface area contributed by atoms with E-state index in [1.807, 2.05) is 46.8 Å². The normalized spacial score (nSPS) is 11.8. The SMILES string of the molecule is CCN(C)Cc1cccc(CNC(=O)CCNS(=O)(=O)c2c(C)c(C)c(C)c(C)c2C)c1. The van der Waals surface area contributed by atoms with Gasteiger partial charge in [0.15, 0.2) is 0 Å². The van der Waals surface area contributed by atoms with Gasteiger partial charge in [0.2, 0.25) is 15.9 Å². The first-order valence-electron chi connectivity index (χ1n) is 11.1. The van der Waals surface area contributed by atoms with Crippen LogP contribution >= 0.6 is 0 Å². The minimum atomic E-state index is -3.70. The molecule has 2 N–H and O–H groups in total. The lowest BCUT2D eigenvalue weighted by atomic mass is 9.95. The molecule has 0 radical (unpaired) electrons. The van der Waals surface area contributed by atoms with Crippen molar-refractivity contribution >= 4 is 15.9 Å². The first-order chi connectivity index (χ1) is 15.0. The van der Waals surface area contributed by atoms with Gasteiger partial charge >= 0.3 is 0 Å². The zero-order chi connectivity index (χ0) is 24.1. The molecule has 7 heteroatoms. The van der Waals surface area contributed by atoms with Crippen molar-refractivity contribution in [3.8, 4) is 0 Å². The first kappa shape index (κ1) is 26.0. The Morgan fingerprint density at radius 3 is 2.09 bits per heavy atom. The van der Waals surface area contributed by atoms with Crippen molar-refractivity contribution in [3.05, 3.63) is 63.2 Å². The van der Waals surface area contributed by atoms with Gasteiger partial charge in [-0.1, -0.05) is 31.2 Å². The highest BCUT2D eigenvalue weighted by molar-refractivity contribution is 7.89. The summed E-state index contributed by atoms with van der Waals surface area (Å²) in [6.07, 6.45) is 0.0828. The molecule has 2 aromatic rings. The van der Waals surface area contributed by atoms with E-state index in [4.69, 9.17) is 0 Å². The molecule has 0 saturated heterocycles. The fraction of sp³-hybridized carbons (Fsp3) is 0.480. The molecule has 0 atom stereocenters. The largest absolute Gasteiger partial charge is 0.352 e. The number of carbonyl (C=O) groups is 1. The van der Waals surface area contributed by atoms with Crippen LogP contribution in [-0.4, -0.2) is 39.4 Å². The number of hydrogen-bond acceptors (Lipinski definition) is 4. The Hall–Kier alpha value is -2.22. The van der Waals surface area contributed by atoms with Crippen LogP contribution in [0.25, 0.3) is 0 Å². The van der Waals surface area contributed by atoms with Gasteiger partial charge in [0, 0.05) is 26.1 Å². The Labute approximate surface area is 193 Å². The zero-order valence-corrected chi connectivity index (χ0v) is 21.2. The van der Waals surface area contributed by atoms with E-state index in [1.165, 1.54) is 5.56 Å². The average molecular weight is 460 g/mol. The third-order valence-corrected chi connectivity index (χ3v) is 8.05. The van der Waals surface area contributed by atoms with Gasteiger partial charge < -0.3 is 10.2 Å². The minimum Gasteiger partial charge on any atom is -0.352 e. The molecular formula is C25H37N3O3S. The van der Waals surface area contributed by atoms with E-state index in [1.54, 1.807) is 0 Å². The molecule has 32 heavy (non-hydrogen) atoms. The van der Waals surface area contributed by atoms with Gasteiger partial charge in [-0.25, -0.2) is 13.1 Å². The summed E-state index contributed by atoms with van der Waals surface area (Å²) in [6.45, 7) is 14.0. The van der Waals surface area contributed by atoms with Crippen molar-refractivity contribution in [2.45, 2.75) is 65.9 Å². The summed E-state index contributed by atoms with van der Waals surface area (Å²) in [7, 11) is -1.63. The van der Waals surface area contributed by atoms with Crippen LogP contribution in [0.1, 0.15) is 52.3 Å². The highest BCUT2D eigenvalue weighted by Crippen LogP contribution is 2.29. The second kappa shape index (κ2) is 11.1. The molecule has 1 amide bonds. The van der Waals surface area contributed by atoms with Crippen LogP contribution in [0.4, 0.5) is 0 Å². The maximum absolute atomic E-state index is 13.0. The predicted molar refractivity (Wildman–Crippen MR) is 130 cm³/mol. The van der Waals surface area contributed by atoms with Crippen molar-refractivity contribution in [3.63, 3.8) is 0 Å². The van der Waals surface area contributed by atoms with Gasteiger partial charge in [-0.2, -0.15) is 0 Å². The van der Waals surface area contributed by atoms with E-state index in [-0.39, 0.29) is 18.9 Å². The lowest BCUT2D eigenvalue weighted by Gasteiger charge is -2.19. The van der Waals surface area contributed by atoms with Gasteiger partial charge in [-0.05, 0) is 87.2 Å². The van der Waals surface area contributed by atoms with E-state index in [2.05, 4.69) is 41.0 Å². The lowest BCUT2D eigenvalue weighted by molar-refractivity contribution is -0.121. The molecule has 0 aliphatic rings. The lowest BCUT2D eigenvalue weighted by Crippen LogP contribution is -2.31. The average Bonchev–Trinajstić information content (AvgIpc) is 2.75. The highest BCUT2D eigenvalue weighted by atomic mass is 32.2. The number of amides is 1. The van der Waals surface area contributed by atoms with Crippen LogP contribution in [-0.2, 0) is 27.9 Å². The molecule has 0 aromatic heterocycles. The van der Waals surface area contributed by atoms with E-state index in [0.717, 1.165) is 46.5 Å². The first-order valence-corrected chi connectivity index (χ1v) is 12.6. The summed E-state index contributed by atoms with van der Waals surface area (Å²) in [6, 6.07) is 8.13. The molecule has 0 saturated carbocycles. The molecule has 2 rings (SSSR count). The third kappa shape index (κ3) is 6.40. The van der Waals surface area contributed by atoms with Crippen LogP contribution < -0.4 is 10.0 Å². The molecule has 2 aromatic carbocycles. The zero-order valence-electron chi connectivity index (χ0n) is 20.4. The monoisotopic (exact) mass is 459 g/mol. The van der Waals surface area contributed by atoms with Crippen LogP contribution in [0, 0.1) is 34.6 Å². The maximum atomic E-state index is 13.0. The summed E-state index contributed by atoms with van der Waals surface area (Å²) in [5, 5.41) is 2.88. The Kier molecular flexibility index (Phi) is 9.01. The topological polar surface area (TPSA) is 78.5 Å². The van der Waals surface area contributed by atoms with E-state index in [0.29, 0.717) is 11.4 Å². The molecular weight excluding hydrogens is 422 g/mol. The van der Waals surface area contributed by atoms with E-state index >= 15 is 0 Å². The quantitative estimate of drug-likeness (QED) is 0.568. The van der Waals surface area contributed by atoms with Crippen LogP contribution in [0.5, 0.6) is 0 Å². The van der Waals surface area contributed by atoms with Crippen molar-refractivity contribution in [1.29, 1.82) is 0 Å². The van der Waals surface area contributed by atoms with Crippen molar-refractivity contribution < 1.29 is 13.2 Å². The molecule has 0 heterocycles. The van der Waals surface area contributed by atoms with Crippen molar-refractivity contribution in [2.24, 2.45) is 0 Å². The minimum absolute atomic E-state index is 0.0559. The Morgan fingerprint density at radius 1 is 0.938 bits per heavy atom. The van der Waals surface area contributed by atoms with Crippen LogP contribution in [0.15, 0.2) is 29.2 Å². The number of nitrogens with one attached hydrogen (secondary N) is 2. The standard InChI is InChI=1S/C25H37N3O3S/c1-8-28(7)16-23-11-9-10-22(14-23)15-26-24(29)12-13-27-32(30,31)25-20(5)18(3)17(2)19(4)21(25)6/h9-11,14,27H,8,12-13,15-16H2,1-7H3,(H,26,29). The van der Waals surface area contributed by atoms with Gasteiger partial charge in [0.05, 0.1) is 4.90 Å². The number of nitrogens with zero attached hydrogens (tertiary/aromatic N) is 1. The molecule has 6 nitrogen and oxygen atoms in total. The second-order valence-corrected chi connectivity index (χ2v) is 10.2. The summed E-state index contributed by atoms with van der Waals surface area (Å²) in [5.74, 6) is -0.187. The van der Waals surface area contributed by atoms with Crippen molar-refractivity contribution in [2.75, 3.05) is 20.1 Å². The van der Waals surface area contributed by atoms with Crippen molar-refractivity contribution in [1.82, 2.24) is 14.9 Å². The Morgan fingerprint density at radius 2 is 1.50 bits per heavy atom. The summed E-state index contributed by atoms with van der Waals surface area (Å²) < 4.78 is 28.5. The van der Waals surface area contributed by atoms with Gasteiger partial charge in [-0.3, -0.25) is 4.79 Å². The Bertz CT molecular complexity index is 1050. The molecule has 0 aliphatic carbocycles. The smallest absolute Gasteiger partial charge is 0.241 e. The fourth-order valence-electron chi connectivity index (χ4n) is 3.79. The number of hydrogen-bond donors (Lipinski definition) is 2. The molecule has 0 unspecified atom stereocenters.